The Labute approximate surface area is 116 Å². The Bertz CT molecular complexity index is 327. The van der Waals surface area contributed by atoms with Crippen molar-refractivity contribution in [3.63, 3.8) is 0 Å². The molecule has 0 aromatic rings. The van der Waals surface area contributed by atoms with E-state index < -0.39 is 0 Å². The fourth-order valence-electron chi connectivity index (χ4n) is 4.01. The number of nitrogens with zero attached hydrogens (tertiary/aromatic N) is 2. The van der Waals surface area contributed by atoms with Gasteiger partial charge in [0.1, 0.15) is 0 Å². The van der Waals surface area contributed by atoms with Crippen molar-refractivity contribution in [2.45, 2.75) is 50.6 Å². The van der Waals surface area contributed by atoms with E-state index >= 15 is 0 Å². The van der Waals surface area contributed by atoms with Gasteiger partial charge in [-0.1, -0.05) is 0 Å². The molecule has 0 aliphatic carbocycles. The summed E-state index contributed by atoms with van der Waals surface area (Å²) in [5.41, 5.74) is 0. The molecule has 3 aliphatic rings. The normalized spacial score (nSPS) is 36.3. The van der Waals surface area contributed by atoms with Gasteiger partial charge in [0.25, 0.3) is 0 Å². The van der Waals surface area contributed by atoms with Gasteiger partial charge in [-0.15, -0.1) is 0 Å². The topological polar surface area (TPSA) is 35.6 Å². The van der Waals surface area contributed by atoms with Gasteiger partial charge < -0.3 is 10.2 Å². The molecule has 3 unspecified atom stereocenters. The molecule has 108 valence electrons. The van der Waals surface area contributed by atoms with E-state index in [4.69, 9.17) is 0 Å². The van der Waals surface area contributed by atoms with Gasteiger partial charge in [0.15, 0.2) is 0 Å². The van der Waals surface area contributed by atoms with E-state index in [2.05, 4.69) is 22.2 Å². The molecular formula is C15H27N3O. The van der Waals surface area contributed by atoms with Gasteiger partial charge >= 0.3 is 0 Å². The predicted octanol–water partition coefficient (Wildman–Crippen LogP) is 1.07. The summed E-state index contributed by atoms with van der Waals surface area (Å²) in [4.78, 5) is 17.1. The summed E-state index contributed by atoms with van der Waals surface area (Å²) in [6.07, 6.45) is 6.98. The lowest BCUT2D eigenvalue weighted by Crippen LogP contribution is -2.41. The summed E-state index contributed by atoms with van der Waals surface area (Å²) in [6.45, 7) is 4.10. The number of piperidine rings is 1. The van der Waals surface area contributed by atoms with Crippen LogP contribution in [0.25, 0.3) is 0 Å². The first-order valence-corrected chi connectivity index (χ1v) is 7.94. The van der Waals surface area contributed by atoms with Crippen LogP contribution in [0.3, 0.4) is 0 Å². The van der Waals surface area contributed by atoms with Crippen molar-refractivity contribution in [2.75, 3.05) is 33.2 Å². The summed E-state index contributed by atoms with van der Waals surface area (Å²) in [7, 11) is 2.24. The van der Waals surface area contributed by atoms with Crippen molar-refractivity contribution in [3.05, 3.63) is 0 Å². The molecular weight excluding hydrogens is 238 g/mol. The molecule has 0 aromatic heterocycles. The number of hydrogen-bond donors (Lipinski definition) is 1. The number of rotatable bonds is 2. The summed E-state index contributed by atoms with van der Waals surface area (Å²) in [5.74, 6) is 0.967. The van der Waals surface area contributed by atoms with Gasteiger partial charge in [0, 0.05) is 31.6 Å². The fraction of sp³-hybridized carbons (Fsp3) is 0.933. The van der Waals surface area contributed by atoms with Crippen molar-refractivity contribution in [1.82, 2.24) is 15.1 Å². The predicted molar refractivity (Wildman–Crippen MR) is 76.0 cm³/mol. The van der Waals surface area contributed by atoms with E-state index in [1.165, 1.54) is 32.1 Å². The van der Waals surface area contributed by atoms with Crippen molar-refractivity contribution in [3.8, 4) is 0 Å². The molecule has 0 spiro atoms. The minimum absolute atomic E-state index is 0.398. The molecule has 19 heavy (non-hydrogen) atoms. The molecule has 3 saturated heterocycles. The van der Waals surface area contributed by atoms with Gasteiger partial charge in [-0.05, 0) is 58.2 Å². The van der Waals surface area contributed by atoms with Crippen LogP contribution in [0.1, 0.15) is 38.5 Å². The monoisotopic (exact) mass is 265 g/mol. The lowest BCUT2D eigenvalue weighted by molar-refractivity contribution is -0.132. The molecule has 0 aromatic carbocycles. The van der Waals surface area contributed by atoms with Gasteiger partial charge in [0.2, 0.25) is 5.91 Å². The number of amides is 1. The molecule has 2 bridgehead atoms. The van der Waals surface area contributed by atoms with Crippen molar-refractivity contribution in [1.29, 1.82) is 0 Å². The zero-order chi connectivity index (χ0) is 13.2. The zero-order valence-corrected chi connectivity index (χ0v) is 12.1. The highest BCUT2D eigenvalue weighted by Crippen LogP contribution is 2.29. The minimum Gasteiger partial charge on any atom is -0.341 e. The molecule has 4 nitrogen and oxygen atoms in total. The van der Waals surface area contributed by atoms with Crippen LogP contribution in [0.15, 0.2) is 0 Å². The number of likely N-dealkylation sites (N-methyl/N-ethyl adjacent to an activating group) is 1. The average Bonchev–Trinajstić information content (AvgIpc) is 2.64. The fourth-order valence-corrected chi connectivity index (χ4v) is 4.01. The SMILES string of the molecule is CN1C2CCC1CN(C(=O)CC1CCCNC1)CC2. The van der Waals surface area contributed by atoms with Crippen LogP contribution >= 0.6 is 0 Å². The van der Waals surface area contributed by atoms with Crippen molar-refractivity contribution >= 4 is 5.91 Å². The molecule has 3 aliphatic heterocycles. The third kappa shape index (κ3) is 2.95. The van der Waals surface area contributed by atoms with Gasteiger partial charge in [-0.3, -0.25) is 9.69 Å². The second-order valence-corrected chi connectivity index (χ2v) is 6.60. The Morgan fingerprint density at radius 3 is 2.84 bits per heavy atom. The van der Waals surface area contributed by atoms with Gasteiger partial charge in [0.05, 0.1) is 0 Å². The molecule has 1 N–H and O–H groups in total. The van der Waals surface area contributed by atoms with Crippen LogP contribution in [0, 0.1) is 5.92 Å². The van der Waals surface area contributed by atoms with Crippen molar-refractivity contribution < 1.29 is 4.79 Å². The second kappa shape index (κ2) is 5.80. The quantitative estimate of drug-likeness (QED) is 0.811. The summed E-state index contributed by atoms with van der Waals surface area (Å²) < 4.78 is 0. The molecule has 3 fully saturated rings. The Morgan fingerprint density at radius 1 is 1.21 bits per heavy atom. The average molecular weight is 265 g/mol. The number of carbonyl (C=O) groups is 1. The minimum atomic E-state index is 0.398. The molecule has 1 amide bonds. The van der Waals surface area contributed by atoms with Crippen LogP contribution in [0.5, 0.6) is 0 Å². The zero-order valence-electron chi connectivity index (χ0n) is 12.1. The third-order valence-electron chi connectivity index (χ3n) is 5.36. The molecule has 3 heterocycles. The highest BCUT2D eigenvalue weighted by atomic mass is 16.2. The van der Waals surface area contributed by atoms with E-state index in [0.717, 1.165) is 38.6 Å². The van der Waals surface area contributed by atoms with E-state index in [0.29, 0.717) is 17.9 Å². The number of likely N-dealkylation sites (tertiary alicyclic amines) is 1. The van der Waals surface area contributed by atoms with E-state index in [1.54, 1.807) is 0 Å². The summed E-state index contributed by atoms with van der Waals surface area (Å²) >= 11 is 0. The van der Waals surface area contributed by atoms with Gasteiger partial charge in [-0.25, -0.2) is 0 Å². The maximum atomic E-state index is 12.5. The van der Waals surface area contributed by atoms with Crippen molar-refractivity contribution in [2.24, 2.45) is 5.92 Å². The first kappa shape index (κ1) is 13.4. The van der Waals surface area contributed by atoms with Crippen LogP contribution in [-0.4, -0.2) is 61.0 Å². The van der Waals surface area contributed by atoms with E-state index in [1.807, 2.05) is 0 Å². The van der Waals surface area contributed by atoms with E-state index in [-0.39, 0.29) is 0 Å². The smallest absolute Gasteiger partial charge is 0.222 e. The summed E-state index contributed by atoms with van der Waals surface area (Å²) in [5, 5.41) is 3.41. The first-order chi connectivity index (χ1) is 9.24. The Balaban J connectivity index is 1.55. The van der Waals surface area contributed by atoms with Gasteiger partial charge in [-0.2, -0.15) is 0 Å². The Kier molecular flexibility index (Phi) is 4.08. The standard InChI is InChI=1S/C15H27N3O/c1-17-13-4-5-14(17)11-18(8-6-13)15(19)9-12-3-2-7-16-10-12/h12-14,16H,2-11H2,1H3. The highest BCUT2D eigenvalue weighted by Gasteiger charge is 2.36. The van der Waals surface area contributed by atoms with Crippen LogP contribution in [-0.2, 0) is 4.79 Å². The highest BCUT2D eigenvalue weighted by molar-refractivity contribution is 5.76. The maximum absolute atomic E-state index is 12.5. The van der Waals surface area contributed by atoms with Crippen LogP contribution in [0.4, 0.5) is 0 Å². The Morgan fingerprint density at radius 2 is 2.05 bits per heavy atom. The molecule has 3 atom stereocenters. The van der Waals surface area contributed by atoms with Crippen LogP contribution in [0.2, 0.25) is 0 Å². The third-order valence-corrected chi connectivity index (χ3v) is 5.36. The lowest BCUT2D eigenvalue weighted by Gasteiger charge is -2.29. The van der Waals surface area contributed by atoms with Crippen LogP contribution < -0.4 is 5.32 Å². The second-order valence-electron chi connectivity index (χ2n) is 6.60. The maximum Gasteiger partial charge on any atom is 0.222 e. The number of carbonyl (C=O) groups excluding carboxylic acids is 1. The lowest BCUT2D eigenvalue weighted by atomic mass is 9.95. The molecule has 0 saturated carbocycles. The largest absolute Gasteiger partial charge is 0.341 e. The van der Waals surface area contributed by atoms with E-state index in [9.17, 15) is 4.79 Å². The number of nitrogens with one attached hydrogen (secondary N) is 1. The number of hydrogen-bond acceptors (Lipinski definition) is 3. The summed E-state index contributed by atoms with van der Waals surface area (Å²) in [6, 6.07) is 1.33. The molecule has 0 radical (unpaired) electrons. The number of fused-ring (bicyclic) bond motifs is 2. The molecule has 3 rings (SSSR count). The first-order valence-electron chi connectivity index (χ1n) is 7.94. The molecule has 4 heteroatoms. The Hall–Kier alpha value is -0.610.